The molecule has 0 aliphatic carbocycles. The fourth-order valence-electron chi connectivity index (χ4n) is 2.33. The second kappa shape index (κ2) is 6.17. The topological polar surface area (TPSA) is 35.6 Å². The van der Waals surface area contributed by atoms with Gasteiger partial charge in [-0.05, 0) is 31.6 Å². The van der Waals surface area contributed by atoms with Crippen LogP contribution in [0, 0.1) is 0 Å². The molecule has 0 saturated carbocycles. The molecule has 1 saturated heterocycles. The average Bonchev–Trinajstić information content (AvgIpc) is 2.78. The van der Waals surface area contributed by atoms with Gasteiger partial charge in [-0.2, -0.15) is 0 Å². The maximum Gasteiger partial charge on any atom is 0.238 e. The maximum absolute atomic E-state index is 11.9. The van der Waals surface area contributed by atoms with Gasteiger partial charge in [0.2, 0.25) is 5.91 Å². The predicted octanol–water partition coefficient (Wildman–Crippen LogP) is 1.24. The Kier molecular flexibility index (Phi) is 4.56. The van der Waals surface area contributed by atoms with Crippen molar-refractivity contribution in [2.24, 2.45) is 0 Å². The van der Waals surface area contributed by atoms with E-state index in [1.165, 1.54) is 11.1 Å². The van der Waals surface area contributed by atoms with Crippen molar-refractivity contribution in [3.63, 3.8) is 0 Å². The first-order chi connectivity index (χ1) is 9.11. The van der Waals surface area contributed by atoms with E-state index in [4.69, 9.17) is 0 Å². The molecular formula is C15H23N3O. The van der Waals surface area contributed by atoms with Crippen LogP contribution in [-0.2, 0) is 11.2 Å². The van der Waals surface area contributed by atoms with Gasteiger partial charge in [0.1, 0.15) is 6.17 Å². The van der Waals surface area contributed by atoms with Gasteiger partial charge in [0.15, 0.2) is 0 Å². The lowest BCUT2D eigenvalue weighted by molar-refractivity contribution is -0.128. The molecule has 2 rings (SSSR count). The summed E-state index contributed by atoms with van der Waals surface area (Å²) in [4.78, 5) is 16.0. The molecule has 1 aromatic rings. The first kappa shape index (κ1) is 14.0. The van der Waals surface area contributed by atoms with E-state index in [2.05, 4.69) is 41.4 Å². The van der Waals surface area contributed by atoms with Crippen LogP contribution in [0.1, 0.15) is 24.2 Å². The quantitative estimate of drug-likeness (QED) is 0.866. The number of amides is 1. The Morgan fingerprint density at radius 1 is 1.32 bits per heavy atom. The second-order valence-electron chi connectivity index (χ2n) is 5.27. The van der Waals surface area contributed by atoms with Crippen molar-refractivity contribution < 1.29 is 4.79 Å². The third kappa shape index (κ3) is 3.33. The number of aryl methyl sites for hydroxylation is 1. The summed E-state index contributed by atoms with van der Waals surface area (Å²) in [6, 6.07) is 8.53. The smallest absolute Gasteiger partial charge is 0.238 e. The number of carbonyl (C=O) groups excluding carboxylic acids is 1. The largest absolute Gasteiger partial charge is 0.321 e. The molecule has 0 spiro atoms. The van der Waals surface area contributed by atoms with Crippen molar-refractivity contribution in [1.82, 2.24) is 15.1 Å². The van der Waals surface area contributed by atoms with Crippen LogP contribution in [0.3, 0.4) is 0 Å². The fraction of sp³-hybridized carbons (Fsp3) is 0.533. The summed E-state index contributed by atoms with van der Waals surface area (Å²) in [5, 5.41) is 3.29. The molecule has 1 aromatic carbocycles. The number of nitrogens with zero attached hydrogens (tertiary/aromatic N) is 2. The van der Waals surface area contributed by atoms with E-state index >= 15 is 0 Å². The zero-order valence-electron chi connectivity index (χ0n) is 12.0. The highest BCUT2D eigenvalue weighted by atomic mass is 16.2. The number of hydrogen-bond donors (Lipinski definition) is 1. The minimum absolute atomic E-state index is 0.0263. The first-order valence-electron chi connectivity index (χ1n) is 6.88. The number of nitrogens with one attached hydrogen (secondary N) is 1. The molecule has 4 nitrogen and oxygen atoms in total. The maximum atomic E-state index is 11.9. The minimum Gasteiger partial charge on any atom is -0.321 e. The Morgan fingerprint density at radius 3 is 2.58 bits per heavy atom. The van der Waals surface area contributed by atoms with Crippen molar-refractivity contribution in [3.8, 4) is 0 Å². The van der Waals surface area contributed by atoms with Gasteiger partial charge < -0.3 is 9.80 Å². The average molecular weight is 261 g/mol. The fourth-order valence-corrected chi connectivity index (χ4v) is 2.33. The van der Waals surface area contributed by atoms with Crippen molar-refractivity contribution >= 4 is 5.91 Å². The summed E-state index contributed by atoms with van der Waals surface area (Å²) < 4.78 is 0. The lowest BCUT2D eigenvalue weighted by atomic mass is 10.1. The molecule has 1 heterocycles. The molecule has 19 heavy (non-hydrogen) atoms. The lowest BCUT2D eigenvalue weighted by Gasteiger charge is -2.26. The van der Waals surface area contributed by atoms with E-state index in [0.717, 1.165) is 19.5 Å². The van der Waals surface area contributed by atoms with Gasteiger partial charge in [0.25, 0.3) is 0 Å². The molecule has 1 atom stereocenters. The Labute approximate surface area is 115 Å². The van der Waals surface area contributed by atoms with E-state index in [-0.39, 0.29) is 12.1 Å². The number of hydrogen-bond acceptors (Lipinski definition) is 3. The molecule has 104 valence electrons. The Morgan fingerprint density at radius 2 is 2.00 bits per heavy atom. The normalized spacial score (nSPS) is 19.5. The van der Waals surface area contributed by atoms with E-state index in [1.54, 1.807) is 0 Å². The molecule has 1 N–H and O–H groups in total. The summed E-state index contributed by atoms with van der Waals surface area (Å²) >= 11 is 0. The van der Waals surface area contributed by atoms with Crippen LogP contribution in [0.2, 0.25) is 0 Å². The molecule has 1 unspecified atom stereocenters. The summed E-state index contributed by atoms with van der Waals surface area (Å²) in [5.74, 6) is 0.186. The first-order valence-corrected chi connectivity index (χ1v) is 6.88. The molecular weight excluding hydrogens is 238 g/mol. The van der Waals surface area contributed by atoms with Gasteiger partial charge in [-0.3, -0.25) is 10.1 Å². The standard InChI is InChI=1S/C15H23N3O/c1-4-12-5-7-13(8-6-12)15-16-11-14(19)18(15)10-9-17(2)3/h5-8,15-16H,4,9-11H2,1-3H3. The highest BCUT2D eigenvalue weighted by Crippen LogP contribution is 2.22. The van der Waals surface area contributed by atoms with E-state index in [1.807, 2.05) is 19.0 Å². The number of carbonyl (C=O) groups is 1. The lowest BCUT2D eigenvalue weighted by Crippen LogP contribution is -2.36. The van der Waals surface area contributed by atoms with Crippen molar-refractivity contribution in [1.29, 1.82) is 0 Å². The van der Waals surface area contributed by atoms with E-state index < -0.39 is 0 Å². The monoisotopic (exact) mass is 261 g/mol. The zero-order valence-corrected chi connectivity index (χ0v) is 12.0. The molecule has 1 fully saturated rings. The van der Waals surface area contributed by atoms with Crippen LogP contribution >= 0.6 is 0 Å². The SMILES string of the molecule is CCc1ccc(C2NCC(=O)N2CCN(C)C)cc1. The van der Waals surface area contributed by atoms with Gasteiger partial charge in [0, 0.05) is 13.1 Å². The Hall–Kier alpha value is -1.39. The third-order valence-electron chi connectivity index (χ3n) is 3.57. The highest BCUT2D eigenvalue weighted by molar-refractivity contribution is 5.80. The molecule has 1 amide bonds. The molecule has 0 aromatic heterocycles. The van der Waals surface area contributed by atoms with Gasteiger partial charge in [-0.25, -0.2) is 0 Å². The Bertz CT molecular complexity index is 428. The van der Waals surface area contributed by atoms with Crippen molar-refractivity contribution in [3.05, 3.63) is 35.4 Å². The predicted molar refractivity (Wildman–Crippen MR) is 76.8 cm³/mol. The number of rotatable bonds is 5. The Balaban J connectivity index is 2.10. The molecule has 4 heteroatoms. The van der Waals surface area contributed by atoms with Crippen LogP contribution in [0.5, 0.6) is 0 Å². The van der Waals surface area contributed by atoms with Gasteiger partial charge in [-0.15, -0.1) is 0 Å². The second-order valence-corrected chi connectivity index (χ2v) is 5.27. The summed E-state index contributed by atoms with van der Waals surface area (Å²) in [7, 11) is 4.05. The van der Waals surface area contributed by atoms with Crippen LogP contribution in [0.15, 0.2) is 24.3 Å². The highest BCUT2D eigenvalue weighted by Gasteiger charge is 2.30. The van der Waals surface area contributed by atoms with Crippen LogP contribution < -0.4 is 5.32 Å². The van der Waals surface area contributed by atoms with Gasteiger partial charge >= 0.3 is 0 Å². The van der Waals surface area contributed by atoms with Gasteiger partial charge in [0.05, 0.1) is 6.54 Å². The molecule has 1 aliphatic heterocycles. The number of likely N-dealkylation sites (N-methyl/N-ethyl adjacent to an activating group) is 1. The van der Waals surface area contributed by atoms with Crippen molar-refractivity contribution in [2.45, 2.75) is 19.5 Å². The van der Waals surface area contributed by atoms with Gasteiger partial charge in [-0.1, -0.05) is 31.2 Å². The van der Waals surface area contributed by atoms with E-state index in [0.29, 0.717) is 6.54 Å². The molecule has 0 bridgehead atoms. The third-order valence-corrected chi connectivity index (χ3v) is 3.57. The van der Waals surface area contributed by atoms with Crippen LogP contribution in [-0.4, -0.2) is 49.4 Å². The zero-order chi connectivity index (χ0) is 13.8. The minimum atomic E-state index is 0.0263. The van der Waals surface area contributed by atoms with Crippen LogP contribution in [0.4, 0.5) is 0 Å². The molecule has 0 radical (unpaired) electrons. The molecule has 1 aliphatic rings. The summed E-state index contributed by atoms with van der Waals surface area (Å²) in [6.45, 7) is 4.24. The van der Waals surface area contributed by atoms with Crippen molar-refractivity contribution in [2.75, 3.05) is 33.7 Å². The van der Waals surface area contributed by atoms with Crippen LogP contribution in [0.25, 0.3) is 0 Å². The van der Waals surface area contributed by atoms with E-state index in [9.17, 15) is 4.79 Å². The number of benzene rings is 1. The summed E-state index contributed by atoms with van der Waals surface area (Å²) in [5.41, 5.74) is 2.50. The summed E-state index contributed by atoms with van der Waals surface area (Å²) in [6.07, 6.45) is 1.07.